The van der Waals surface area contributed by atoms with Crippen LogP contribution >= 0.6 is 23.5 Å². The Kier molecular flexibility index (Phi) is 7.29. The van der Waals surface area contributed by atoms with E-state index in [0.29, 0.717) is 0 Å². The van der Waals surface area contributed by atoms with E-state index in [0.717, 1.165) is 0 Å². The average Bonchev–Trinajstić information content (AvgIpc) is 3.18. The first-order chi connectivity index (χ1) is 15.1. The van der Waals surface area contributed by atoms with Crippen molar-refractivity contribution in [3.63, 3.8) is 0 Å². The van der Waals surface area contributed by atoms with Crippen LogP contribution in [-0.4, -0.2) is 61.7 Å². The van der Waals surface area contributed by atoms with E-state index in [1.54, 1.807) is 7.05 Å². The van der Waals surface area contributed by atoms with E-state index in [1.807, 2.05) is 0 Å². The predicted molar refractivity (Wildman–Crippen MR) is 96.1 cm³/mol. The molecule has 19 nitrogen and oxygen atoms in total. The molecule has 0 bridgehead atoms. The van der Waals surface area contributed by atoms with Crippen molar-refractivity contribution in [1.29, 1.82) is 0 Å². The monoisotopic (exact) mass is 532 g/mol. The van der Waals surface area contributed by atoms with E-state index in [4.69, 9.17) is 10.5 Å². The first kappa shape index (κ1) is 26.1. The standard InChI is InChI=1S/C11H19N6O13P3/c1-13-8-5-9(16-11(12)15-8)17(3-14-5)10-7(19)6(18)4(28-10)2-27-32(23,24)30-33(25,26)29-31(20,21)22/h3-4,6-7,10,18-19H,2H2,1H3,(H,23,24)(H,25,26)(H2,20,21,22)(H3,12,13,15,16)/p-4/t4-,6+,7?,10-/m1/s1. The Morgan fingerprint density at radius 3 is 2.42 bits per heavy atom. The van der Waals surface area contributed by atoms with Gasteiger partial charge < -0.3 is 54.7 Å². The van der Waals surface area contributed by atoms with Crippen molar-refractivity contribution in [2.75, 3.05) is 24.7 Å². The summed E-state index contributed by atoms with van der Waals surface area (Å²) in [4.78, 5) is 55.5. The van der Waals surface area contributed by atoms with Crippen LogP contribution in [0.1, 0.15) is 6.23 Å². The summed E-state index contributed by atoms with van der Waals surface area (Å²) in [5.74, 6) is 0.0921. The van der Waals surface area contributed by atoms with Gasteiger partial charge in [0.2, 0.25) is 5.95 Å². The maximum atomic E-state index is 11.7. The first-order valence-electron chi connectivity index (χ1n) is 8.53. The second-order valence-corrected chi connectivity index (χ2v) is 10.6. The molecule has 0 spiro atoms. The van der Waals surface area contributed by atoms with E-state index >= 15 is 0 Å². The first-order valence-corrected chi connectivity index (χ1v) is 12.9. The maximum Gasteiger partial charge on any atom is 0.278 e. The topological polar surface area (TPSA) is 302 Å². The maximum absolute atomic E-state index is 11.7. The van der Waals surface area contributed by atoms with Crippen molar-refractivity contribution in [1.82, 2.24) is 19.5 Å². The number of ether oxygens (including phenoxy) is 1. The molecule has 0 amide bonds. The van der Waals surface area contributed by atoms with E-state index in [1.165, 1.54) is 10.9 Å². The molecule has 1 aliphatic heterocycles. The van der Waals surface area contributed by atoms with Gasteiger partial charge in [-0.05, 0) is 0 Å². The lowest BCUT2D eigenvalue weighted by atomic mass is 10.1. The molecule has 22 heteroatoms. The zero-order valence-corrected chi connectivity index (χ0v) is 18.9. The molecule has 6 atom stereocenters. The molecule has 2 aromatic rings. The lowest BCUT2D eigenvalue weighted by Gasteiger charge is -2.37. The summed E-state index contributed by atoms with van der Waals surface area (Å²) < 4.78 is 50.5. The van der Waals surface area contributed by atoms with Crippen molar-refractivity contribution >= 4 is 46.4 Å². The number of nitrogens with two attached hydrogens (primary N) is 1. The van der Waals surface area contributed by atoms with Crippen LogP contribution in [0, 0.1) is 0 Å². The van der Waals surface area contributed by atoms with E-state index < -0.39 is 54.6 Å². The number of fused-ring (bicyclic) bond motifs is 1. The van der Waals surface area contributed by atoms with Crippen LogP contribution in [0.2, 0.25) is 0 Å². The van der Waals surface area contributed by atoms with Crippen LogP contribution in [0.25, 0.3) is 11.2 Å². The molecule has 0 aromatic carbocycles. The quantitative estimate of drug-likeness (QED) is 0.223. The van der Waals surface area contributed by atoms with Crippen LogP contribution < -0.4 is 30.6 Å². The minimum absolute atomic E-state index is 0.0894. The Morgan fingerprint density at radius 2 is 1.82 bits per heavy atom. The molecule has 0 aliphatic carbocycles. The number of aliphatic hydroxyl groups is 2. The number of rotatable bonds is 9. The van der Waals surface area contributed by atoms with Gasteiger partial charge in [0, 0.05) is 7.05 Å². The third-order valence-corrected chi connectivity index (χ3v) is 7.75. The second-order valence-electron chi connectivity index (χ2n) is 6.35. The molecular formula is C11H15N6O13P3-4. The third-order valence-electron chi connectivity index (χ3n) is 4.08. The summed E-state index contributed by atoms with van der Waals surface area (Å²) >= 11 is 0. The van der Waals surface area contributed by atoms with Gasteiger partial charge in [-0.25, -0.2) is 9.29 Å². The lowest BCUT2D eigenvalue weighted by Crippen LogP contribution is -2.34. The van der Waals surface area contributed by atoms with Gasteiger partial charge in [0.1, 0.15) is 18.3 Å². The lowest BCUT2D eigenvalue weighted by molar-refractivity contribution is -0.339. The molecule has 186 valence electrons. The molecule has 1 fully saturated rings. The van der Waals surface area contributed by atoms with Crippen LogP contribution in [0.4, 0.5) is 11.8 Å². The van der Waals surface area contributed by atoms with Crippen LogP contribution in [0.15, 0.2) is 6.33 Å². The number of anilines is 2. The van der Waals surface area contributed by atoms with Crippen LogP contribution in [0.3, 0.4) is 0 Å². The SMILES string of the molecule is CNc1nc(N)nc2c1ncn2[C@@H]1O[C@H](COP(=O)([O-])OP(=O)([O-])OP(=O)([O-])[O-])[C@H](O)C1O. The molecule has 3 heterocycles. The summed E-state index contributed by atoms with van der Waals surface area (Å²) in [5, 5.41) is 23.3. The molecule has 0 saturated carbocycles. The predicted octanol–water partition coefficient (Wildman–Crippen LogP) is -4.12. The summed E-state index contributed by atoms with van der Waals surface area (Å²) in [6.07, 6.45) is -5.17. The normalized spacial score (nSPS) is 27.4. The highest BCUT2D eigenvalue weighted by Crippen LogP contribution is 2.60. The van der Waals surface area contributed by atoms with E-state index in [9.17, 15) is 43.5 Å². The number of nitrogen functional groups attached to an aromatic ring is 1. The minimum atomic E-state index is -6.15. The van der Waals surface area contributed by atoms with Gasteiger partial charge in [-0.2, -0.15) is 9.97 Å². The molecule has 3 unspecified atom stereocenters. The van der Waals surface area contributed by atoms with Gasteiger partial charge in [0.15, 0.2) is 23.2 Å². The molecular weight excluding hydrogens is 517 g/mol. The van der Waals surface area contributed by atoms with Crippen molar-refractivity contribution in [2.24, 2.45) is 0 Å². The Morgan fingerprint density at radius 1 is 1.15 bits per heavy atom. The fraction of sp³-hybridized carbons (Fsp3) is 0.545. The number of phosphoric ester groups is 1. The molecule has 33 heavy (non-hydrogen) atoms. The highest BCUT2D eigenvalue weighted by molar-refractivity contribution is 7.64. The number of nitrogens with one attached hydrogen (secondary N) is 1. The number of aromatic nitrogens is 4. The fourth-order valence-electron chi connectivity index (χ4n) is 2.84. The van der Waals surface area contributed by atoms with Crippen molar-refractivity contribution in [3.05, 3.63) is 6.33 Å². The summed E-state index contributed by atoms with van der Waals surface area (Å²) in [6.45, 7) is -1.09. The third kappa shape index (κ3) is 6.12. The van der Waals surface area contributed by atoms with Crippen LogP contribution in [-0.2, 0) is 31.6 Å². The average molecular weight is 532 g/mol. The van der Waals surface area contributed by atoms with Crippen molar-refractivity contribution < 1.29 is 61.4 Å². The Bertz CT molecular complexity index is 1170. The zero-order chi connectivity index (χ0) is 24.8. The van der Waals surface area contributed by atoms with E-state index in [-0.39, 0.29) is 22.9 Å². The summed E-state index contributed by atoms with van der Waals surface area (Å²) in [7, 11) is -16.6. The van der Waals surface area contributed by atoms with E-state index in [2.05, 4.69) is 33.4 Å². The van der Waals surface area contributed by atoms with Gasteiger partial charge in [-0.15, -0.1) is 0 Å². The second kappa shape index (κ2) is 9.24. The molecule has 1 aliphatic rings. The number of imidazole rings is 1. The minimum Gasteiger partial charge on any atom is -0.790 e. The number of hydrogen-bond acceptors (Lipinski definition) is 18. The summed E-state index contributed by atoms with van der Waals surface area (Å²) in [6, 6.07) is 0. The molecule has 5 N–H and O–H groups in total. The smallest absolute Gasteiger partial charge is 0.278 e. The number of phosphoric acid groups is 3. The van der Waals surface area contributed by atoms with Gasteiger partial charge in [0.25, 0.3) is 15.6 Å². The van der Waals surface area contributed by atoms with Gasteiger partial charge in [-0.3, -0.25) is 18.0 Å². The molecule has 0 radical (unpaired) electrons. The molecule has 2 aromatic heterocycles. The number of hydrogen-bond donors (Lipinski definition) is 4. The van der Waals surface area contributed by atoms with Gasteiger partial charge in [-0.1, -0.05) is 0 Å². The highest BCUT2D eigenvalue weighted by Gasteiger charge is 2.45. The Labute approximate surface area is 183 Å². The molecule has 3 rings (SSSR count). The Balaban J connectivity index is 1.73. The van der Waals surface area contributed by atoms with Crippen molar-refractivity contribution in [3.8, 4) is 0 Å². The van der Waals surface area contributed by atoms with Crippen molar-refractivity contribution in [2.45, 2.75) is 24.5 Å². The fourth-order valence-corrected chi connectivity index (χ4v) is 5.70. The zero-order valence-electron chi connectivity index (χ0n) is 16.2. The largest absolute Gasteiger partial charge is 0.790 e. The Hall–Kier alpha value is -1.56. The molecule has 1 saturated heterocycles. The van der Waals surface area contributed by atoms with Crippen LogP contribution in [0.5, 0.6) is 0 Å². The van der Waals surface area contributed by atoms with Gasteiger partial charge >= 0.3 is 0 Å². The number of aliphatic hydroxyl groups excluding tert-OH is 2. The summed E-state index contributed by atoms with van der Waals surface area (Å²) in [5.41, 5.74) is 5.95. The highest BCUT2D eigenvalue weighted by atomic mass is 31.3. The van der Waals surface area contributed by atoms with Gasteiger partial charge in [0.05, 0.1) is 20.8 Å². The number of nitrogens with zero attached hydrogens (tertiary/aromatic N) is 4.